The number of hydrogen-bond donors (Lipinski definition) is 1. The maximum atomic E-state index is 10.9. The molecule has 0 fully saturated rings. The van der Waals surface area contributed by atoms with Crippen molar-refractivity contribution in [1.29, 1.82) is 0 Å². The van der Waals surface area contributed by atoms with Crippen LogP contribution in [0.3, 0.4) is 0 Å². The minimum absolute atomic E-state index is 0.487. The zero-order chi connectivity index (χ0) is 15.9. The lowest BCUT2D eigenvalue weighted by Gasteiger charge is -2.25. The van der Waals surface area contributed by atoms with E-state index in [1.807, 2.05) is 6.07 Å². The summed E-state index contributed by atoms with van der Waals surface area (Å²) in [4.78, 5) is 0. The van der Waals surface area contributed by atoms with Crippen LogP contribution in [0.5, 0.6) is 5.75 Å². The van der Waals surface area contributed by atoms with Gasteiger partial charge in [-0.2, -0.15) is 0 Å². The standard InChI is InChI=1S/C20H24OSi/c1-14(22(2,3)4)19-18(15-9-6-5-7-10-15)13-16-11-8-12-17(16)20(19)21/h5-7,9-10,13,21H,1,8,11-12H2,2-4H3. The predicted molar refractivity (Wildman–Crippen MR) is 97.9 cm³/mol. The van der Waals surface area contributed by atoms with Gasteiger partial charge in [-0.15, -0.1) is 0 Å². The molecule has 0 saturated heterocycles. The molecule has 0 radical (unpaired) electrons. The molecule has 0 bridgehead atoms. The molecule has 0 heterocycles. The first kappa shape index (κ1) is 15.1. The van der Waals surface area contributed by atoms with Crippen molar-refractivity contribution >= 4 is 13.3 Å². The van der Waals surface area contributed by atoms with E-state index >= 15 is 0 Å². The number of phenolic OH excluding ortho intramolecular Hbond substituents is 1. The van der Waals surface area contributed by atoms with Crippen molar-refractivity contribution in [3.8, 4) is 16.9 Å². The maximum absolute atomic E-state index is 10.9. The van der Waals surface area contributed by atoms with Crippen LogP contribution in [0.2, 0.25) is 19.6 Å². The molecule has 2 heteroatoms. The second kappa shape index (κ2) is 5.44. The van der Waals surface area contributed by atoms with Crippen molar-refractivity contribution in [1.82, 2.24) is 0 Å². The first-order valence-corrected chi connectivity index (χ1v) is 11.5. The van der Waals surface area contributed by atoms with Crippen LogP contribution in [0, 0.1) is 0 Å². The van der Waals surface area contributed by atoms with E-state index < -0.39 is 8.07 Å². The van der Waals surface area contributed by atoms with Crippen LogP contribution < -0.4 is 0 Å². The van der Waals surface area contributed by atoms with Gasteiger partial charge in [0, 0.05) is 5.56 Å². The Bertz CT molecular complexity index is 724. The van der Waals surface area contributed by atoms with E-state index in [-0.39, 0.29) is 0 Å². The molecule has 2 aromatic rings. The second-order valence-corrected chi connectivity index (χ2v) is 12.3. The Morgan fingerprint density at radius 1 is 1.09 bits per heavy atom. The summed E-state index contributed by atoms with van der Waals surface area (Å²) in [5.41, 5.74) is 5.76. The average Bonchev–Trinajstić information content (AvgIpc) is 2.95. The fourth-order valence-electron chi connectivity index (χ4n) is 3.25. The first-order valence-electron chi connectivity index (χ1n) is 8.02. The van der Waals surface area contributed by atoms with Gasteiger partial charge in [-0.25, -0.2) is 0 Å². The van der Waals surface area contributed by atoms with Crippen LogP contribution in [0.15, 0.2) is 43.0 Å². The first-order chi connectivity index (χ1) is 10.4. The molecule has 22 heavy (non-hydrogen) atoms. The zero-order valence-corrected chi connectivity index (χ0v) is 14.7. The Morgan fingerprint density at radius 2 is 1.77 bits per heavy atom. The third kappa shape index (κ3) is 2.52. The maximum Gasteiger partial charge on any atom is 0.126 e. The number of phenols is 1. The van der Waals surface area contributed by atoms with Gasteiger partial charge in [-0.3, -0.25) is 0 Å². The van der Waals surface area contributed by atoms with Gasteiger partial charge >= 0.3 is 0 Å². The van der Waals surface area contributed by atoms with Crippen LogP contribution in [0.25, 0.3) is 16.3 Å². The topological polar surface area (TPSA) is 20.2 Å². The summed E-state index contributed by atoms with van der Waals surface area (Å²) in [5, 5.41) is 12.1. The molecule has 0 amide bonds. The molecule has 1 N–H and O–H groups in total. The molecule has 1 aliphatic carbocycles. The number of fused-ring (bicyclic) bond motifs is 1. The van der Waals surface area contributed by atoms with Crippen molar-refractivity contribution in [2.45, 2.75) is 38.9 Å². The third-order valence-corrected chi connectivity index (χ3v) is 6.72. The van der Waals surface area contributed by atoms with Gasteiger partial charge in [0.25, 0.3) is 0 Å². The van der Waals surface area contributed by atoms with E-state index in [2.05, 4.69) is 56.6 Å². The highest BCUT2D eigenvalue weighted by atomic mass is 28.3. The molecule has 0 atom stereocenters. The lowest BCUT2D eigenvalue weighted by atomic mass is 9.93. The summed E-state index contributed by atoms with van der Waals surface area (Å²) in [6, 6.07) is 12.7. The van der Waals surface area contributed by atoms with E-state index in [9.17, 15) is 5.11 Å². The average molecular weight is 308 g/mol. The number of benzene rings is 2. The fraction of sp³-hybridized carbons (Fsp3) is 0.300. The second-order valence-electron chi connectivity index (χ2n) is 7.23. The van der Waals surface area contributed by atoms with Crippen LogP contribution in [-0.4, -0.2) is 13.2 Å². The van der Waals surface area contributed by atoms with Crippen molar-refractivity contribution in [3.05, 3.63) is 59.7 Å². The van der Waals surface area contributed by atoms with Gasteiger partial charge in [-0.1, -0.05) is 67.8 Å². The van der Waals surface area contributed by atoms with Gasteiger partial charge < -0.3 is 5.11 Å². The molecule has 0 unspecified atom stereocenters. The highest BCUT2D eigenvalue weighted by molar-refractivity contribution is 6.93. The minimum Gasteiger partial charge on any atom is -0.507 e. The van der Waals surface area contributed by atoms with Crippen LogP contribution in [0.1, 0.15) is 23.1 Å². The van der Waals surface area contributed by atoms with Crippen molar-refractivity contribution in [2.24, 2.45) is 0 Å². The van der Waals surface area contributed by atoms with Crippen molar-refractivity contribution < 1.29 is 5.11 Å². The Balaban J connectivity index is 2.29. The predicted octanol–water partition coefficient (Wildman–Crippen LogP) is 5.44. The van der Waals surface area contributed by atoms with E-state index in [0.29, 0.717) is 5.75 Å². The van der Waals surface area contributed by atoms with E-state index in [1.165, 1.54) is 11.1 Å². The van der Waals surface area contributed by atoms with E-state index in [0.717, 1.165) is 41.1 Å². The van der Waals surface area contributed by atoms with Gasteiger partial charge in [0.05, 0.1) is 8.07 Å². The van der Waals surface area contributed by atoms with Gasteiger partial charge in [0.15, 0.2) is 0 Å². The van der Waals surface area contributed by atoms with Crippen molar-refractivity contribution in [3.63, 3.8) is 0 Å². The summed E-state index contributed by atoms with van der Waals surface area (Å²) < 4.78 is 0. The molecule has 0 aromatic heterocycles. The van der Waals surface area contributed by atoms with Crippen LogP contribution >= 0.6 is 0 Å². The number of aryl methyl sites for hydroxylation is 1. The van der Waals surface area contributed by atoms with Crippen LogP contribution in [-0.2, 0) is 12.8 Å². The quantitative estimate of drug-likeness (QED) is 0.749. The lowest BCUT2D eigenvalue weighted by Crippen LogP contribution is -2.22. The Kier molecular flexibility index (Phi) is 3.73. The minimum atomic E-state index is -1.58. The Morgan fingerprint density at radius 3 is 2.41 bits per heavy atom. The molecule has 0 spiro atoms. The van der Waals surface area contributed by atoms with E-state index in [4.69, 9.17) is 0 Å². The fourth-order valence-corrected chi connectivity index (χ4v) is 4.25. The summed E-state index contributed by atoms with van der Waals surface area (Å²) in [7, 11) is -1.58. The van der Waals surface area contributed by atoms with Gasteiger partial charge in [0.1, 0.15) is 5.75 Å². The van der Waals surface area contributed by atoms with E-state index in [1.54, 1.807) is 0 Å². The molecule has 1 nitrogen and oxygen atoms in total. The molecular weight excluding hydrogens is 284 g/mol. The Hall–Kier alpha value is -1.80. The normalized spacial score (nSPS) is 14.0. The number of rotatable bonds is 3. The van der Waals surface area contributed by atoms with Crippen LogP contribution in [0.4, 0.5) is 0 Å². The summed E-state index contributed by atoms with van der Waals surface area (Å²) in [5.74, 6) is 0.487. The molecule has 0 saturated carbocycles. The third-order valence-electron chi connectivity index (χ3n) is 4.66. The largest absolute Gasteiger partial charge is 0.507 e. The highest BCUT2D eigenvalue weighted by Crippen LogP contribution is 2.44. The molecule has 2 aromatic carbocycles. The summed E-state index contributed by atoms with van der Waals surface area (Å²) in [6.45, 7) is 11.2. The number of hydrogen-bond acceptors (Lipinski definition) is 1. The SMILES string of the molecule is C=C(c1c(-c2ccccc2)cc2c(c1O)CCC2)[Si](C)(C)C. The Labute approximate surface area is 134 Å². The zero-order valence-electron chi connectivity index (χ0n) is 13.7. The summed E-state index contributed by atoms with van der Waals surface area (Å²) >= 11 is 0. The highest BCUT2D eigenvalue weighted by Gasteiger charge is 2.28. The molecule has 3 rings (SSSR count). The molecular formula is C20H24OSi. The van der Waals surface area contributed by atoms with Gasteiger partial charge in [-0.05, 0) is 41.5 Å². The molecule has 0 aliphatic heterocycles. The molecule has 1 aliphatic rings. The summed E-state index contributed by atoms with van der Waals surface area (Å²) in [6.07, 6.45) is 3.20. The lowest BCUT2D eigenvalue weighted by molar-refractivity contribution is 0.468. The smallest absolute Gasteiger partial charge is 0.126 e. The monoisotopic (exact) mass is 308 g/mol. The number of aromatic hydroxyl groups is 1. The molecule has 114 valence electrons. The van der Waals surface area contributed by atoms with Gasteiger partial charge in [0.2, 0.25) is 0 Å². The van der Waals surface area contributed by atoms with Crippen molar-refractivity contribution in [2.75, 3.05) is 0 Å².